The lowest BCUT2D eigenvalue weighted by atomic mass is 9.41. The molecule has 99 heavy (non-hydrogen) atoms. The Hall–Kier alpha value is -2.19. The average Bonchev–Trinajstić information content (AvgIpc) is 1.65. The van der Waals surface area contributed by atoms with Crippen LogP contribution in [0.3, 0.4) is 0 Å². The quantitative estimate of drug-likeness (QED) is 0.0288. The zero-order valence-electron chi connectivity index (χ0n) is 54.5. The van der Waals surface area contributed by atoms with Gasteiger partial charge in [-0.15, -0.1) is 0 Å². The molecule has 11 aliphatic rings. The molecule has 7 saturated heterocycles. The van der Waals surface area contributed by atoms with Gasteiger partial charge in [-0.1, -0.05) is 19.9 Å². The third-order valence-electron chi connectivity index (χ3n) is 23.3. The molecule has 2 bridgehead atoms. The van der Waals surface area contributed by atoms with Gasteiger partial charge in [0.1, 0.15) is 153 Å². The fourth-order valence-corrected chi connectivity index (χ4v) is 17.8. The number of fused-ring (bicyclic) bond motifs is 3. The van der Waals surface area contributed by atoms with Crippen molar-refractivity contribution in [2.75, 3.05) is 46.2 Å². The molecule has 4 saturated carbocycles. The molecular weight excluding hydrogens is 1340 g/mol. The molecule has 0 aromatic heterocycles. The van der Waals surface area contributed by atoms with Crippen molar-refractivity contribution in [3.05, 3.63) is 12.2 Å². The third-order valence-corrected chi connectivity index (χ3v) is 23.3. The second-order valence-electron chi connectivity index (χ2n) is 29.2. The van der Waals surface area contributed by atoms with Gasteiger partial charge in [-0.2, -0.15) is 0 Å². The molecule has 0 aromatic rings. The van der Waals surface area contributed by atoms with Crippen LogP contribution in [0.1, 0.15) is 78.1 Å². The van der Waals surface area contributed by atoms with Gasteiger partial charge in [0, 0.05) is 6.42 Å². The number of carbonyl (C=O) groups excluding carboxylic acids is 1. The Morgan fingerprint density at radius 3 is 1.34 bits per heavy atom. The molecule has 7 aliphatic heterocycles. The molecule has 570 valence electrons. The van der Waals surface area contributed by atoms with Crippen molar-refractivity contribution in [3.63, 3.8) is 0 Å². The van der Waals surface area contributed by atoms with Gasteiger partial charge < -0.3 is 179 Å². The van der Waals surface area contributed by atoms with Gasteiger partial charge in [0.15, 0.2) is 43.8 Å². The highest BCUT2D eigenvalue weighted by atomic mass is 16.8. The van der Waals surface area contributed by atoms with E-state index in [1.165, 1.54) is 0 Å². The Balaban J connectivity index is 0.847. The van der Waals surface area contributed by atoms with Gasteiger partial charge in [0.05, 0.1) is 63.4 Å². The third kappa shape index (κ3) is 14.3. The smallest absolute Gasteiger partial charge is 0.314 e. The first-order valence-electron chi connectivity index (χ1n) is 33.8. The summed E-state index contributed by atoms with van der Waals surface area (Å²) in [5, 5.41) is 238. The highest BCUT2D eigenvalue weighted by molar-refractivity contribution is 5.77. The summed E-state index contributed by atoms with van der Waals surface area (Å²) in [6.45, 7) is 2.38. The zero-order chi connectivity index (χ0) is 71.9. The maximum Gasteiger partial charge on any atom is 0.314 e. The minimum atomic E-state index is -2.16. The Labute approximate surface area is 566 Å². The van der Waals surface area contributed by atoms with Gasteiger partial charge in [-0.05, 0) is 86.5 Å². The van der Waals surface area contributed by atoms with Crippen molar-refractivity contribution in [3.8, 4) is 0 Å². The second-order valence-corrected chi connectivity index (χ2v) is 29.2. The van der Waals surface area contributed by atoms with Crippen molar-refractivity contribution >= 4 is 5.97 Å². The van der Waals surface area contributed by atoms with Gasteiger partial charge in [-0.3, -0.25) is 4.79 Å². The summed E-state index contributed by atoms with van der Waals surface area (Å²) in [4.78, 5) is 15.6. The number of esters is 1. The highest BCUT2D eigenvalue weighted by Gasteiger charge is 2.70. The molecular formula is C62H100O37. The van der Waals surface area contributed by atoms with E-state index in [1.54, 1.807) is 6.92 Å². The SMILES string of the molecule is C=C1CC23CCC4[C@](C)(C(=O)OC5OC(CO)C(O)C(OC6OC(COC7OC(CO)C(O)C(O)C7O)C(O)C(O)C6O)C5OC5OC(CO)C(O)CC5O)CCC[C@@]4(C)[C@@H]2CC[C@]1(OC1OC(CO)C(O)C(OC2OC(CO)C(O)C(O)C2O)C1OC1OC(CO)C(O)C(O)C1O)C3. The molecule has 37 nitrogen and oxygen atoms in total. The summed E-state index contributed by atoms with van der Waals surface area (Å²) < 4.78 is 85.0. The summed E-state index contributed by atoms with van der Waals surface area (Å²) in [7, 11) is 0. The van der Waals surface area contributed by atoms with Crippen LogP contribution in [0.4, 0.5) is 0 Å². The minimum absolute atomic E-state index is 0.175. The number of aliphatic hydroxyl groups excluding tert-OH is 22. The number of hydrogen-bond acceptors (Lipinski definition) is 37. The Kier molecular flexibility index (Phi) is 24.4. The van der Waals surface area contributed by atoms with Crippen LogP contribution in [0.2, 0.25) is 0 Å². The van der Waals surface area contributed by atoms with Crippen molar-refractivity contribution in [1.29, 1.82) is 0 Å². The molecule has 0 amide bonds. The van der Waals surface area contributed by atoms with E-state index in [1.807, 2.05) is 0 Å². The van der Waals surface area contributed by atoms with E-state index in [0.717, 1.165) is 0 Å². The van der Waals surface area contributed by atoms with E-state index < -0.39 is 295 Å². The maximum absolute atomic E-state index is 15.6. The van der Waals surface area contributed by atoms with Crippen molar-refractivity contribution < 1.29 is 183 Å². The predicted octanol–water partition coefficient (Wildman–Crippen LogP) is -10.6. The van der Waals surface area contributed by atoms with E-state index in [0.29, 0.717) is 44.1 Å². The topological polar surface area (TPSA) is 591 Å². The van der Waals surface area contributed by atoms with Crippen LogP contribution in [0.5, 0.6) is 0 Å². The first-order chi connectivity index (χ1) is 46.9. The molecule has 4 aliphatic carbocycles. The molecule has 36 unspecified atom stereocenters. The lowest BCUT2D eigenvalue weighted by molar-refractivity contribution is -0.400. The molecule has 11 fully saturated rings. The predicted molar refractivity (Wildman–Crippen MR) is 316 cm³/mol. The molecule has 0 aromatic carbocycles. The van der Waals surface area contributed by atoms with Crippen LogP contribution in [-0.2, 0) is 71.1 Å². The van der Waals surface area contributed by atoms with Crippen LogP contribution < -0.4 is 0 Å². The molecule has 1 spiro atoms. The zero-order valence-corrected chi connectivity index (χ0v) is 54.5. The first-order valence-corrected chi connectivity index (χ1v) is 33.8. The van der Waals surface area contributed by atoms with Crippen molar-refractivity contribution in [2.24, 2.45) is 28.1 Å². The van der Waals surface area contributed by atoms with E-state index in [-0.39, 0.29) is 25.2 Å². The van der Waals surface area contributed by atoms with Gasteiger partial charge in [-0.25, -0.2) is 0 Å². The van der Waals surface area contributed by atoms with Crippen LogP contribution in [0, 0.1) is 28.1 Å². The van der Waals surface area contributed by atoms with E-state index in [2.05, 4.69) is 13.5 Å². The molecule has 0 radical (unpaired) electrons. The van der Waals surface area contributed by atoms with Crippen molar-refractivity contribution in [1.82, 2.24) is 0 Å². The van der Waals surface area contributed by atoms with Crippen molar-refractivity contribution in [2.45, 2.75) is 292 Å². The summed E-state index contributed by atoms with van der Waals surface area (Å²) in [5.41, 5.74) is -3.34. The summed E-state index contributed by atoms with van der Waals surface area (Å²) in [6, 6.07) is 0. The lowest BCUT2D eigenvalue weighted by Gasteiger charge is -2.64. The minimum Gasteiger partial charge on any atom is -0.432 e. The van der Waals surface area contributed by atoms with E-state index in [4.69, 9.17) is 66.3 Å². The van der Waals surface area contributed by atoms with Gasteiger partial charge in [0.2, 0.25) is 6.29 Å². The first kappa shape index (κ1) is 77.9. The second kappa shape index (κ2) is 31.0. The Morgan fingerprint density at radius 1 is 0.424 bits per heavy atom. The number of carbonyl (C=O) groups is 1. The molecule has 40 atom stereocenters. The van der Waals surface area contributed by atoms with Gasteiger partial charge in [0.25, 0.3) is 0 Å². The highest BCUT2D eigenvalue weighted by Crippen LogP contribution is 2.74. The molecule has 7 heterocycles. The molecule has 37 heteroatoms. The number of hydrogen-bond donors (Lipinski definition) is 22. The Morgan fingerprint density at radius 2 is 0.828 bits per heavy atom. The summed E-state index contributed by atoms with van der Waals surface area (Å²) >= 11 is 0. The van der Waals surface area contributed by atoms with E-state index in [9.17, 15) is 112 Å². The number of ether oxygens (including phenoxy) is 14. The van der Waals surface area contributed by atoms with Crippen LogP contribution in [-0.4, -0.2) is 379 Å². The maximum atomic E-state index is 15.6. The van der Waals surface area contributed by atoms with E-state index >= 15 is 4.79 Å². The van der Waals surface area contributed by atoms with Crippen LogP contribution in [0.15, 0.2) is 12.2 Å². The fraction of sp³-hybridized carbons (Fsp3) is 0.952. The standard InChI is InChI=1S/C62H100O37/c1-21-12-61-9-5-31-59(2,32(61)6-10-62(21,20-61)99-57-50(97-54-45(83)41(79)35(73)27(16-66)90-54)48(38(76)29(18-68)92-57)95-53-44(82)40(78)34(72)26(15-65)89-53)7-4-8-60(31,3)58(85)98-56-49(96-51-23(70)11-22(69)24(13-63)87-51)47(37(75)28(17-67)91-56)94-55-46(84)42(80)36(74)30(93-55)19-86-52-43(81)39(77)33(71)25(14-64)88-52/h22-57,63-84H,1,4-20H2,2-3H3/t22?,23?,24?,25?,26?,27?,28?,29?,30?,31?,32-,33?,34?,35?,36?,37?,38?,39?,40?,41?,42?,43?,44?,45?,46?,47?,48?,49?,50?,51?,52?,53?,54?,55?,56?,57?,59+,60+,61?,62-/m0/s1. The largest absolute Gasteiger partial charge is 0.432 e. The normalized spacial score (nSPS) is 54.1. The summed E-state index contributed by atoms with van der Waals surface area (Å²) in [5.74, 6) is -1.48. The van der Waals surface area contributed by atoms with Gasteiger partial charge >= 0.3 is 5.97 Å². The van der Waals surface area contributed by atoms with Crippen LogP contribution >= 0.6 is 0 Å². The molecule has 11 rings (SSSR count). The van der Waals surface area contributed by atoms with Crippen LogP contribution in [0.25, 0.3) is 0 Å². The number of rotatable bonds is 21. The lowest BCUT2D eigenvalue weighted by Crippen LogP contribution is -2.68. The summed E-state index contributed by atoms with van der Waals surface area (Å²) in [6.07, 6.45) is -58.9. The number of aliphatic hydroxyl groups is 22. The molecule has 22 N–H and O–H groups in total. The Bertz CT molecular complexity index is 2690. The fourth-order valence-electron chi connectivity index (χ4n) is 17.8. The average molecular weight is 1440 g/mol. The monoisotopic (exact) mass is 1440 g/mol.